The molecule has 2 rings (SSSR count). The lowest BCUT2D eigenvalue weighted by Gasteiger charge is -2.31. The third-order valence-electron chi connectivity index (χ3n) is 3.76. The van der Waals surface area contributed by atoms with Crippen LogP contribution in [-0.2, 0) is 4.79 Å². The Hall–Kier alpha value is -0.990. The molecular weight excluding hydrogens is 192 g/mol. The third-order valence-corrected chi connectivity index (χ3v) is 3.76. The number of hydrogen-bond donors (Lipinski definition) is 2. The van der Waals surface area contributed by atoms with Gasteiger partial charge in [0.25, 0.3) is 0 Å². The van der Waals surface area contributed by atoms with E-state index in [1.165, 1.54) is 19.3 Å². The maximum absolute atomic E-state index is 11.2. The molecule has 0 aromatic rings. The SMILES string of the molecule is O=C1CCC(C2CCCCC2)C(O)=C1O. The standard InChI is InChI=1S/C12H18O3/c13-10-7-6-9(11(14)12(10)15)8-4-2-1-3-5-8/h8-9,14-15H,1-7H2. The number of carbonyl (C=O) groups is 1. The minimum Gasteiger partial charge on any atom is -0.508 e. The summed E-state index contributed by atoms with van der Waals surface area (Å²) in [6.07, 6.45) is 7.04. The Morgan fingerprint density at radius 1 is 1.00 bits per heavy atom. The second-order valence-corrected chi connectivity index (χ2v) is 4.70. The highest BCUT2D eigenvalue weighted by Crippen LogP contribution is 2.38. The van der Waals surface area contributed by atoms with E-state index >= 15 is 0 Å². The minimum absolute atomic E-state index is 0.0306. The van der Waals surface area contributed by atoms with Crippen molar-refractivity contribution in [1.29, 1.82) is 0 Å². The van der Waals surface area contributed by atoms with Crippen LogP contribution in [0.5, 0.6) is 0 Å². The molecule has 3 heteroatoms. The Bertz CT molecular complexity index is 287. The molecule has 0 radical (unpaired) electrons. The Kier molecular flexibility index (Phi) is 2.98. The second kappa shape index (κ2) is 4.25. The zero-order chi connectivity index (χ0) is 10.8. The zero-order valence-corrected chi connectivity index (χ0v) is 8.91. The summed E-state index contributed by atoms with van der Waals surface area (Å²) in [5, 5.41) is 19.2. The smallest absolute Gasteiger partial charge is 0.200 e. The molecule has 1 fully saturated rings. The molecule has 84 valence electrons. The summed E-state index contributed by atoms with van der Waals surface area (Å²) < 4.78 is 0. The summed E-state index contributed by atoms with van der Waals surface area (Å²) in [4.78, 5) is 11.2. The van der Waals surface area contributed by atoms with Gasteiger partial charge in [-0.2, -0.15) is 0 Å². The van der Waals surface area contributed by atoms with Gasteiger partial charge in [-0.3, -0.25) is 4.79 Å². The first-order valence-corrected chi connectivity index (χ1v) is 5.85. The van der Waals surface area contributed by atoms with E-state index in [4.69, 9.17) is 0 Å². The number of aliphatic hydroxyl groups is 2. The van der Waals surface area contributed by atoms with Crippen LogP contribution in [-0.4, -0.2) is 16.0 Å². The third kappa shape index (κ3) is 2.01. The number of Topliss-reactive ketones (excluding diaryl/α,β-unsaturated/α-hetero) is 1. The summed E-state index contributed by atoms with van der Waals surface area (Å²) in [5.41, 5.74) is 0. The first-order valence-electron chi connectivity index (χ1n) is 5.85. The van der Waals surface area contributed by atoms with Crippen molar-refractivity contribution < 1.29 is 15.0 Å². The number of allylic oxidation sites excluding steroid dienone is 2. The Morgan fingerprint density at radius 3 is 2.33 bits per heavy atom. The maximum atomic E-state index is 11.2. The molecule has 0 spiro atoms. The molecule has 0 aromatic carbocycles. The topological polar surface area (TPSA) is 57.5 Å². The highest BCUT2D eigenvalue weighted by Gasteiger charge is 2.34. The van der Waals surface area contributed by atoms with Gasteiger partial charge in [-0.05, 0) is 25.2 Å². The van der Waals surface area contributed by atoms with Crippen molar-refractivity contribution in [1.82, 2.24) is 0 Å². The van der Waals surface area contributed by atoms with Crippen molar-refractivity contribution in [3.05, 3.63) is 11.5 Å². The lowest BCUT2D eigenvalue weighted by atomic mass is 9.74. The number of hydrogen-bond acceptors (Lipinski definition) is 3. The Labute approximate surface area is 89.8 Å². The highest BCUT2D eigenvalue weighted by atomic mass is 16.3. The minimum atomic E-state index is -0.378. The van der Waals surface area contributed by atoms with Crippen LogP contribution in [0.2, 0.25) is 0 Å². The van der Waals surface area contributed by atoms with Gasteiger partial charge in [0.15, 0.2) is 5.76 Å². The van der Waals surface area contributed by atoms with E-state index in [1.807, 2.05) is 0 Å². The van der Waals surface area contributed by atoms with E-state index in [1.54, 1.807) is 0 Å². The molecule has 0 amide bonds. The van der Waals surface area contributed by atoms with Crippen LogP contribution in [0, 0.1) is 11.8 Å². The summed E-state index contributed by atoms with van der Waals surface area (Å²) in [7, 11) is 0. The van der Waals surface area contributed by atoms with E-state index in [2.05, 4.69) is 0 Å². The van der Waals surface area contributed by atoms with Crippen LogP contribution < -0.4 is 0 Å². The summed E-state index contributed by atoms with van der Waals surface area (Å²) in [6.45, 7) is 0. The van der Waals surface area contributed by atoms with Gasteiger partial charge in [0.2, 0.25) is 5.78 Å². The first-order chi connectivity index (χ1) is 7.20. The summed E-state index contributed by atoms with van der Waals surface area (Å²) >= 11 is 0. The van der Waals surface area contributed by atoms with Crippen LogP contribution >= 0.6 is 0 Å². The van der Waals surface area contributed by atoms with Gasteiger partial charge in [0.1, 0.15) is 5.76 Å². The fourth-order valence-electron chi connectivity index (χ4n) is 2.86. The maximum Gasteiger partial charge on any atom is 0.200 e. The van der Waals surface area contributed by atoms with E-state index in [0.717, 1.165) is 12.8 Å². The molecule has 0 aliphatic heterocycles. The van der Waals surface area contributed by atoms with Crippen LogP contribution in [0.15, 0.2) is 11.5 Å². The Balaban J connectivity index is 2.12. The van der Waals surface area contributed by atoms with Gasteiger partial charge in [0.05, 0.1) is 0 Å². The zero-order valence-electron chi connectivity index (χ0n) is 8.91. The van der Waals surface area contributed by atoms with Gasteiger partial charge in [-0.25, -0.2) is 0 Å². The lowest BCUT2D eigenvalue weighted by molar-refractivity contribution is -0.119. The molecule has 2 aliphatic rings. The molecule has 1 atom stereocenters. The molecule has 2 aliphatic carbocycles. The number of aliphatic hydroxyl groups excluding tert-OH is 2. The molecule has 2 N–H and O–H groups in total. The lowest BCUT2D eigenvalue weighted by Crippen LogP contribution is -2.27. The average molecular weight is 210 g/mol. The average Bonchev–Trinajstić information content (AvgIpc) is 2.27. The van der Waals surface area contributed by atoms with Gasteiger partial charge in [0, 0.05) is 12.3 Å². The van der Waals surface area contributed by atoms with Crippen molar-refractivity contribution in [3.63, 3.8) is 0 Å². The van der Waals surface area contributed by atoms with Crippen LogP contribution in [0.1, 0.15) is 44.9 Å². The molecule has 3 nitrogen and oxygen atoms in total. The Morgan fingerprint density at radius 2 is 1.67 bits per heavy atom. The predicted octanol–water partition coefficient (Wildman–Crippen LogP) is 2.87. The molecule has 0 bridgehead atoms. The molecule has 1 saturated carbocycles. The van der Waals surface area contributed by atoms with Crippen molar-refractivity contribution in [3.8, 4) is 0 Å². The van der Waals surface area contributed by atoms with E-state index in [9.17, 15) is 15.0 Å². The number of ketones is 1. The van der Waals surface area contributed by atoms with Crippen molar-refractivity contribution in [2.45, 2.75) is 44.9 Å². The first kappa shape index (κ1) is 10.5. The van der Waals surface area contributed by atoms with Gasteiger partial charge < -0.3 is 10.2 Å². The van der Waals surface area contributed by atoms with Crippen LogP contribution in [0.25, 0.3) is 0 Å². The van der Waals surface area contributed by atoms with E-state index < -0.39 is 0 Å². The second-order valence-electron chi connectivity index (χ2n) is 4.70. The van der Waals surface area contributed by atoms with Crippen molar-refractivity contribution >= 4 is 5.78 Å². The highest BCUT2D eigenvalue weighted by molar-refractivity contribution is 5.94. The van der Waals surface area contributed by atoms with Crippen LogP contribution in [0.4, 0.5) is 0 Å². The van der Waals surface area contributed by atoms with Gasteiger partial charge in [-0.15, -0.1) is 0 Å². The van der Waals surface area contributed by atoms with E-state index in [0.29, 0.717) is 18.8 Å². The van der Waals surface area contributed by atoms with E-state index in [-0.39, 0.29) is 23.2 Å². The van der Waals surface area contributed by atoms with Gasteiger partial charge in [-0.1, -0.05) is 19.3 Å². The fraction of sp³-hybridized carbons (Fsp3) is 0.750. The number of rotatable bonds is 1. The van der Waals surface area contributed by atoms with Crippen molar-refractivity contribution in [2.24, 2.45) is 11.8 Å². The normalized spacial score (nSPS) is 29.6. The molecule has 0 heterocycles. The molecule has 0 saturated heterocycles. The summed E-state index contributed by atoms with van der Waals surface area (Å²) in [6, 6.07) is 0. The molecule has 15 heavy (non-hydrogen) atoms. The monoisotopic (exact) mass is 210 g/mol. The number of carbonyl (C=O) groups excluding carboxylic acids is 1. The molecular formula is C12H18O3. The van der Waals surface area contributed by atoms with Gasteiger partial charge >= 0.3 is 0 Å². The molecule has 0 aromatic heterocycles. The quantitative estimate of drug-likeness (QED) is 0.699. The van der Waals surface area contributed by atoms with Crippen LogP contribution in [0.3, 0.4) is 0 Å². The predicted molar refractivity (Wildman–Crippen MR) is 56.6 cm³/mol. The molecule has 1 unspecified atom stereocenters. The fourth-order valence-corrected chi connectivity index (χ4v) is 2.86. The largest absolute Gasteiger partial charge is 0.508 e. The van der Waals surface area contributed by atoms with Crippen molar-refractivity contribution in [2.75, 3.05) is 0 Å². The summed E-state index contributed by atoms with van der Waals surface area (Å²) in [5.74, 6) is -0.230.